The topological polar surface area (TPSA) is 89.9 Å². The van der Waals surface area contributed by atoms with Gasteiger partial charge in [-0.25, -0.2) is 0 Å². The fraction of sp³-hybridized carbons (Fsp3) is 0.727. The number of hydrogen-bond donors (Lipinski definition) is 2. The summed E-state index contributed by atoms with van der Waals surface area (Å²) in [6.45, 7) is 0.881. The number of nitrogens with zero attached hydrogens (tertiary/aromatic N) is 2. The van der Waals surface area contributed by atoms with Crippen LogP contribution in [0.25, 0.3) is 0 Å². The summed E-state index contributed by atoms with van der Waals surface area (Å²) in [6, 6.07) is 0. The highest BCUT2D eigenvalue weighted by Gasteiger charge is 2.23. The summed E-state index contributed by atoms with van der Waals surface area (Å²) < 4.78 is 0. The molecular formula is C11H19N3O4. The molecule has 0 aliphatic carbocycles. The van der Waals surface area contributed by atoms with Crippen LogP contribution in [0.2, 0.25) is 0 Å². The number of carbonyl (C=O) groups is 3. The lowest BCUT2D eigenvalue weighted by molar-refractivity contribution is -0.136. The van der Waals surface area contributed by atoms with Crippen LogP contribution in [-0.4, -0.2) is 72.5 Å². The molecule has 102 valence electrons. The Balaban J connectivity index is 2.27. The molecule has 0 atom stereocenters. The van der Waals surface area contributed by atoms with Crippen LogP contribution >= 0.6 is 0 Å². The Labute approximate surface area is 106 Å². The Hall–Kier alpha value is -1.47. The number of carbonyl (C=O) groups excluding carboxylic acids is 3. The minimum atomic E-state index is -0.465. The van der Waals surface area contributed by atoms with Gasteiger partial charge in [0.05, 0.1) is 19.7 Å². The second-order valence-electron chi connectivity index (χ2n) is 4.35. The molecule has 1 rings (SSSR count). The zero-order valence-electron chi connectivity index (χ0n) is 10.5. The van der Waals surface area contributed by atoms with Gasteiger partial charge in [0.2, 0.25) is 17.7 Å². The first-order chi connectivity index (χ1) is 8.52. The number of rotatable bonds is 6. The van der Waals surface area contributed by atoms with Crippen molar-refractivity contribution in [3.8, 4) is 0 Å². The molecule has 0 spiro atoms. The van der Waals surface area contributed by atoms with Gasteiger partial charge in [-0.05, 0) is 13.5 Å². The quantitative estimate of drug-likeness (QED) is 0.584. The van der Waals surface area contributed by atoms with Crippen molar-refractivity contribution in [1.29, 1.82) is 0 Å². The largest absolute Gasteiger partial charge is 0.395 e. The second kappa shape index (κ2) is 7.07. The van der Waals surface area contributed by atoms with E-state index in [-0.39, 0.29) is 25.6 Å². The average molecular weight is 257 g/mol. The molecule has 0 unspecified atom stereocenters. The van der Waals surface area contributed by atoms with E-state index in [1.54, 1.807) is 11.9 Å². The minimum absolute atomic E-state index is 0.0417. The molecule has 0 saturated carbocycles. The van der Waals surface area contributed by atoms with E-state index >= 15 is 0 Å². The molecule has 0 aromatic heterocycles. The Kier molecular flexibility index (Phi) is 5.73. The van der Waals surface area contributed by atoms with Crippen LogP contribution < -0.4 is 5.32 Å². The summed E-state index contributed by atoms with van der Waals surface area (Å²) in [5.41, 5.74) is 0. The van der Waals surface area contributed by atoms with E-state index in [1.165, 1.54) is 4.90 Å². The lowest BCUT2D eigenvalue weighted by Crippen LogP contribution is -2.44. The number of likely N-dealkylation sites (N-methyl/N-ethyl adjacent to an activating group) is 1. The van der Waals surface area contributed by atoms with Crippen LogP contribution in [0, 0.1) is 0 Å². The fourth-order valence-electron chi connectivity index (χ4n) is 1.77. The van der Waals surface area contributed by atoms with Crippen LogP contribution in [0.15, 0.2) is 0 Å². The Morgan fingerprint density at radius 3 is 2.72 bits per heavy atom. The van der Waals surface area contributed by atoms with Crippen LogP contribution in [0.5, 0.6) is 0 Å². The molecule has 7 nitrogen and oxygen atoms in total. The monoisotopic (exact) mass is 257 g/mol. The number of imide groups is 1. The van der Waals surface area contributed by atoms with Crippen molar-refractivity contribution in [3.63, 3.8) is 0 Å². The molecule has 0 aromatic carbocycles. The molecule has 1 saturated heterocycles. The number of nitrogens with one attached hydrogen (secondary N) is 1. The summed E-state index contributed by atoms with van der Waals surface area (Å²) in [6.07, 6.45) is 1.24. The van der Waals surface area contributed by atoms with E-state index in [9.17, 15) is 14.4 Å². The molecule has 2 N–H and O–H groups in total. The minimum Gasteiger partial charge on any atom is -0.395 e. The number of aliphatic hydroxyl groups excluding tert-OH is 1. The molecule has 1 aliphatic heterocycles. The first kappa shape index (κ1) is 14.6. The molecule has 0 aromatic rings. The fourth-order valence-corrected chi connectivity index (χ4v) is 1.77. The van der Waals surface area contributed by atoms with E-state index in [2.05, 4.69) is 5.32 Å². The van der Waals surface area contributed by atoms with E-state index in [1.807, 2.05) is 0 Å². The Morgan fingerprint density at radius 1 is 1.44 bits per heavy atom. The van der Waals surface area contributed by atoms with E-state index < -0.39 is 11.8 Å². The molecule has 1 fully saturated rings. The van der Waals surface area contributed by atoms with Crippen LogP contribution in [0.3, 0.4) is 0 Å². The molecule has 3 amide bonds. The molecular weight excluding hydrogens is 238 g/mol. The van der Waals surface area contributed by atoms with Gasteiger partial charge in [0.1, 0.15) is 0 Å². The summed E-state index contributed by atoms with van der Waals surface area (Å²) in [5.74, 6) is -0.940. The highest BCUT2D eigenvalue weighted by Crippen LogP contribution is 2.08. The van der Waals surface area contributed by atoms with Crippen molar-refractivity contribution in [1.82, 2.24) is 15.1 Å². The standard InChI is InChI=1S/C11H19N3O4/c1-13(5-6-15)7-9(16)12-10(17)8-14-4-2-3-11(14)18/h15H,2-8H2,1H3,(H,12,16,17). The van der Waals surface area contributed by atoms with Crippen molar-refractivity contribution in [3.05, 3.63) is 0 Å². The Morgan fingerprint density at radius 2 is 2.17 bits per heavy atom. The van der Waals surface area contributed by atoms with E-state index in [0.717, 1.165) is 6.42 Å². The first-order valence-electron chi connectivity index (χ1n) is 5.92. The lowest BCUT2D eigenvalue weighted by atomic mass is 10.4. The lowest BCUT2D eigenvalue weighted by Gasteiger charge is -2.16. The van der Waals surface area contributed by atoms with Gasteiger partial charge in [-0.15, -0.1) is 0 Å². The van der Waals surface area contributed by atoms with Gasteiger partial charge in [-0.3, -0.25) is 24.6 Å². The summed E-state index contributed by atoms with van der Waals surface area (Å²) in [5, 5.41) is 10.9. The van der Waals surface area contributed by atoms with Crippen LogP contribution in [0.1, 0.15) is 12.8 Å². The van der Waals surface area contributed by atoms with E-state index in [4.69, 9.17) is 5.11 Å². The van der Waals surface area contributed by atoms with Gasteiger partial charge in [0, 0.05) is 19.5 Å². The maximum Gasteiger partial charge on any atom is 0.246 e. The van der Waals surface area contributed by atoms with Crippen LogP contribution in [-0.2, 0) is 14.4 Å². The zero-order valence-corrected chi connectivity index (χ0v) is 10.5. The van der Waals surface area contributed by atoms with Gasteiger partial charge in [-0.1, -0.05) is 0 Å². The summed E-state index contributed by atoms with van der Waals surface area (Å²) in [4.78, 5) is 37.3. The number of aliphatic hydroxyl groups is 1. The van der Waals surface area contributed by atoms with Gasteiger partial charge >= 0.3 is 0 Å². The maximum absolute atomic E-state index is 11.5. The molecule has 0 bridgehead atoms. The highest BCUT2D eigenvalue weighted by atomic mass is 16.3. The van der Waals surface area contributed by atoms with Gasteiger partial charge in [-0.2, -0.15) is 0 Å². The molecule has 1 heterocycles. The molecule has 18 heavy (non-hydrogen) atoms. The zero-order chi connectivity index (χ0) is 13.5. The average Bonchev–Trinajstić information content (AvgIpc) is 2.64. The van der Waals surface area contributed by atoms with Gasteiger partial charge < -0.3 is 10.0 Å². The third kappa shape index (κ3) is 4.80. The Bertz CT molecular complexity index is 332. The van der Waals surface area contributed by atoms with Crippen molar-refractivity contribution in [2.45, 2.75) is 12.8 Å². The number of amides is 3. The third-order valence-electron chi connectivity index (χ3n) is 2.68. The van der Waals surface area contributed by atoms with E-state index in [0.29, 0.717) is 19.5 Å². The van der Waals surface area contributed by atoms with Crippen molar-refractivity contribution in [2.24, 2.45) is 0 Å². The third-order valence-corrected chi connectivity index (χ3v) is 2.68. The molecule has 1 aliphatic rings. The maximum atomic E-state index is 11.5. The smallest absolute Gasteiger partial charge is 0.246 e. The number of likely N-dealkylation sites (tertiary alicyclic amines) is 1. The molecule has 7 heteroatoms. The summed E-state index contributed by atoms with van der Waals surface area (Å²) >= 11 is 0. The number of hydrogen-bond acceptors (Lipinski definition) is 5. The predicted octanol–water partition coefficient (Wildman–Crippen LogP) is -1.82. The highest BCUT2D eigenvalue weighted by molar-refractivity contribution is 5.98. The van der Waals surface area contributed by atoms with Gasteiger partial charge in [0.15, 0.2) is 0 Å². The summed E-state index contributed by atoms with van der Waals surface area (Å²) in [7, 11) is 1.67. The van der Waals surface area contributed by atoms with Crippen molar-refractivity contribution >= 4 is 17.7 Å². The SMILES string of the molecule is CN(CCO)CC(=O)NC(=O)CN1CCCC1=O. The predicted molar refractivity (Wildman–Crippen MR) is 63.5 cm³/mol. The van der Waals surface area contributed by atoms with Crippen molar-refractivity contribution < 1.29 is 19.5 Å². The van der Waals surface area contributed by atoms with Crippen LogP contribution in [0.4, 0.5) is 0 Å². The normalized spacial score (nSPS) is 15.3. The first-order valence-corrected chi connectivity index (χ1v) is 5.92. The molecule has 0 radical (unpaired) electrons. The van der Waals surface area contributed by atoms with Gasteiger partial charge in [0.25, 0.3) is 0 Å². The van der Waals surface area contributed by atoms with Crippen molar-refractivity contribution in [2.75, 3.05) is 39.8 Å². The second-order valence-corrected chi connectivity index (χ2v) is 4.35.